The summed E-state index contributed by atoms with van der Waals surface area (Å²) in [5, 5.41) is 12.9. The molecule has 4 aromatic carbocycles. The van der Waals surface area contributed by atoms with Crippen molar-refractivity contribution in [3.8, 4) is 11.5 Å². The van der Waals surface area contributed by atoms with Gasteiger partial charge in [0, 0.05) is 24.6 Å². The molecule has 0 heterocycles. The van der Waals surface area contributed by atoms with E-state index in [4.69, 9.17) is 9.47 Å². The van der Waals surface area contributed by atoms with Gasteiger partial charge in [-0.1, -0.05) is 74.0 Å². The molecule has 44 heavy (non-hydrogen) atoms. The molecule has 0 aliphatic heterocycles. The van der Waals surface area contributed by atoms with E-state index in [-0.39, 0.29) is 24.0 Å². The first-order valence-corrected chi connectivity index (χ1v) is 14.7. The maximum Gasteiger partial charge on any atom is 0.343 e. The lowest BCUT2D eigenvalue weighted by molar-refractivity contribution is -0.137. The van der Waals surface area contributed by atoms with Crippen LogP contribution in [0, 0.1) is 12.8 Å². The van der Waals surface area contributed by atoms with E-state index >= 15 is 0 Å². The molecular formula is C36H38N2O6. The summed E-state index contributed by atoms with van der Waals surface area (Å²) in [6, 6.07) is 29.6. The van der Waals surface area contributed by atoms with Crippen molar-refractivity contribution in [2.45, 2.75) is 39.7 Å². The molecule has 0 bridgehead atoms. The molecule has 0 aliphatic carbocycles. The second-order valence-electron chi connectivity index (χ2n) is 10.8. The summed E-state index contributed by atoms with van der Waals surface area (Å²) in [6.45, 7) is 6.76. The average Bonchev–Trinajstić information content (AvgIpc) is 3.03. The highest BCUT2D eigenvalue weighted by atomic mass is 16.5. The van der Waals surface area contributed by atoms with Gasteiger partial charge < -0.3 is 24.8 Å². The van der Waals surface area contributed by atoms with Gasteiger partial charge in [-0.25, -0.2) is 9.59 Å². The van der Waals surface area contributed by atoms with Crippen LogP contribution in [0.25, 0.3) is 0 Å². The predicted octanol–water partition coefficient (Wildman–Crippen LogP) is 6.78. The van der Waals surface area contributed by atoms with Gasteiger partial charge in [-0.2, -0.15) is 0 Å². The van der Waals surface area contributed by atoms with E-state index in [1.165, 1.54) is 0 Å². The lowest BCUT2D eigenvalue weighted by atomic mass is 10.1. The Kier molecular flexibility index (Phi) is 11.1. The number of hydrogen-bond donors (Lipinski definition) is 2. The van der Waals surface area contributed by atoms with Crippen LogP contribution in [0.5, 0.6) is 11.5 Å². The van der Waals surface area contributed by atoms with Crippen molar-refractivity contribution in [1.82, 2.24) is 0 Å². The molecule has 0 radical (unpaired) electrons. The Labute approximate surface area is 258 Å². The zero-order chi connectivity index (χ0) is 31.5. The Bertz CT molecular complexity index is 1540. The van der Waals surface area contributed by atoms with Crippen molar-refractivity contribution in [1.29, 1.82) is 0 Å². The number of rotatable bonds is 14. The molecule has 0 saturated carbocycles. The summed E-state index contributed by atoms with van der Waals surface area (Å²) in [4.78, 5) is 39.3. The minimum absolute atomic E-state index is 0.0665. The molecule has 1 amide bonds. The largest absolute Gasteiger partial charge is 0.494 e. The fourth-order valence-corrected chi connectivity index (χ4v) is 4.57. The van der Waals surface area contributed by atoms with Gasteiger partial charge >= 0.3 is 11.9 Å². The van der Waals surface area contributed by atoms with Crippen molar-refractivity contribution < 1.29 is 29.0 Å². The summed E-state index contributed by atoms with van der Waals surface area (Å²) in [5.74, 6) is -0.722. The number of aliphatic carboxylic acids is 1. The molecule has 8 nitrogen and oxygen atoms in total. The third kappa shape index (κ3) is 8.94. The Balaban J connectivity index is 1.32. The van der Waals surface area contributed by atoms with E-state index in [1.807, 2.05) is 57.2 Å². The summed E-state index contributed by atoms with van der Waals surface area (Å²) in [6.07, 6.45) is 0.840. The molecule has 0 spiro atoms. The van der Waals surface area contributed by atoms with Crippen LogP contribution in [0.15, 0.2) is 103 Å². The average molecular weight is 595 g/mol. The molecule has 4 aromatic rings. The van der Waals surface area contributed by atoms with Gasteiger partial charge in [0.05, 0.1) is 17.9 Å². The lowest BCUT2D eigenvalue weighted by Gasteiger charge is -2.25. The molecule has 4 rings (SSSR count). The molecular weight excluding hydrogens is 556 g/mol. The second kappa shape index (κ2) is 15.4. The number of para-hydroxylation sites is 2. The van der Waals surface area contributed by atoms with Crippen molar-refractivity contribution >= 4 is 29.2 Å². The fourth-order valence-electron chi connectivity index (χ4n) is 4.57. The van der Waals surface area contributed by atoms with Crippen LogP contribution in [-0.4, -0.2) is 42.1 Å². The Morgan fingerprint density at radius 2 is 1.50 bits per heavy atom. The van der Waals surface area contributed by atoms with Crippen LogP contribution >= 0.6 is 0 Å². The predicted molar refractivity (Wildman–Crippen MR) is 172 cm³/mol. The third-order valence-corrected chi connectivity index (χ3v) is 6.99. The Morgan fingerprint density at radius 3 is 2.16 bits per heavy atom. The van der Waals surface area contributed by atoms with Crippen LogP contribution in [0.2, 0.25) is 0 Å². The highest BCUT2D eigenvalue weighted by Crippen LogP contribution is 2.27. The molecule has 1 unspecified atom stereocenters. The van der Waals surface area contributed by atoms with Crippen LogP contribution in [0.3, 0.4) is 0 Å². The first-order valence-electron chi connectivity index (χ1n) is 14.7. The zero-order valence-electron chi connectivity index (χ0n) is 25.2. The van der Waals surface area contributed by atoms with E-state index in [9.17, 15) is 19.5 Å². The number of amides is 1. The molecule has 8 heteroatoms. The summed E-state index contributed by atoms with van der Waals surface area (Å²) in [7, 11) is 0. The number of anilines is 2. The lowest BCUT2D eigenvalue weighted by Crippen LogP contribution is -2.35. The van der Waals surface area contributed by atoms with Gasteiger partial charge in [-0.3, -0.25) is 4.79 Å². The van der Waals surface area contributed by atoms with E-state index in [2.05, 4.69) is 5.32 Å². The first kappa shape index (κ1) is 31.8. The van der Waals surface area contributed by atoms with E-state index in [0.29, 0.717) is 36.6 Å². The number of nitrogens with one attached hydrogen (secondary N) is 1. The van der Waals surface area contributed by atoms with Crippen LogP contribution in [0.4, 0.5) is 11.4 Å². The van der Waals surface area contributed by atoms with Crippen molar-refractivity contribution in [2.75, 3.05) is 23.4 Å². The molecule has 0 aromatic heterocycles. The van der Waals surface area contributed by atoms with Crippen LogP contribution in [0.1, 0.15) is 41.8 Å². The second-order valence-corrected chi connectivity index (χ2v) is 10.8. The van der Waals surface area contributed by atoms with E-state index < -0.39 is 18.0 Å². The zero-order valence-corrected chi connectivity index (χ0v) is 25.2. The number of benzene rings is 4. The SMILES string of the molecule is Cc1ccc(N(CCCOc2ccc(CC(Nc3ccccc3OC(=O)c3ccccc3)C(=O)O)cc2)C(=O)C(C)C)cc1. The first-order chi connectivity index (χ1) is 21.2. The van der Waals surface area contributed by atoms with Crippen molar-refractivity contribution in [3.05, 3.63) is 120 Å². The summed E-state index contributed by atoms with van der Waals surface area (Å²) < 4.78 is 11.5. The van der Waals surface area contributed by atoms with E-state index in [0.717, 1.165) is 16.8 Å². The Morgan fingerprint density at radius 1 is 0.841 bits per heavy atom. The number of carboxylic acid groups (broad SMARTS) is 1. The number of hydrogen-bond acceptors (Lipinski definition) is 6. The number of ether oxygens (including phenoxy) is 2. The van der Waals surface area contributed by atoms with Crippen molar-refractivity contribution in [2.24, 2.45) is 5.92 Å². The van der Waals surface area contributed by atoms with E-state index in [1.54, 1.807) is 71.6 Å². The fraction of sp³-hybridized carbons (Fsp3) is 0.250. The third-order valence-electron chi connectivity index (χ3n) is 6.99. The summed E-state index contributed by atoms with van der Waals surface area (Å²) in [5.41, 5.74) is 3.60. The van der Waals surface area contributed by atoms with Gasteiger partial charge in [0.15, 0.2) is 5.75 Å². The van der Waals surface area contributed by atoms with Gasteiger partial charge in [0.1, 0.15) is 11.8 Å². The standard InChI is InChI=1S/C36H38N2O6/c1-25(2)34(39)38(29-18-14-26(3)15-19-29)22-9-23-43-30-20-16-27(17-21-30)24-32(35(40)41)37-31-12-7-8-13-33(31)44-36(42)28-10-5-4-6-11-28/h4-8,10-21,25,32,37H,9,22-24H2,1-3H3,(H,40,41). The molecule has 1 atom stereocenters. The highest BCUT2D eigenvalue weighted by molar-refractivity contribution is 5.94. The molecule has 0 aliphatic rings. The van der Waals surface area contributed by atoms with Crippen LogP contribution < -0.4 is 19.7 Å². The minimum atomic E-state index is -1.04. The van der Waals surface area contributed by atoms with Gasteiger partial charge in [0.25, 0.3) is 0 Å². The summed E-state index contributed by atoms with van der Waals surface area (Å²) >= 11 is 0. The minimum Gasteiger partial charge on any atom is -0.494 e. The molecule has 0 fully saturated rings. The topological polar surface area (TPSA) is 105 Å². The van der Waals surface area contributed by atoms with Crippen molar-refractivity contribution in [3.63, 3.8) is 0 Å². The van der Waals surface area contributed by atoms with Gasteiger partial charge in [-0.05, 0) is 67.4 Å². The number of carbonyl (C=O) groups excluding carboxylic acids is 2. The monoisotopic (exact) mass is 594 g/mol. The van der Waals surface area contributed by atoms with Crippen LogP contribution in [-0.2, 0) is 16.0 Å². The Hall–Kier alpha value is -5.11. The smallest absolute Gasteiger partial charge is 0.343 e. The van der Waals surface area contributed by atoms with Gasteiger partial charge in [0.2, 0.25) is 5.91 Å². The molecule has 2 N–H and O–H groups in total. The number of aryl methyl sites for hydroxylation is 1. The number of carboxylic acids is 1. The van der Waals surface area contributed by atoms with Gasteiger partial charge in [-0.15, -0.1) is 0 Å². The quantitative estimate of drug-likeness (QED) is 0.0942. The number of carbonyl (C=O) groups is 3. The normalized spacial score (nSPS) is 11.5. The number of esters is 1. The highest BCUT2D eigenvalue weighted by Gasteiger charge is 2.21. The maximum absolute atomic E-state index is 12.8. The maximum atomic E-state index is 12.8. The molecule has 0 saturated heterocycles. The number of nitrogens with zero attached hydrogens (tertiary/aromatic N) is 1. The molecule has 228 valence electrons.